The Balaban J connectivity index is 2.13. The van der Waals surface area contributed by atoms with Gasteiger partial charge in [-0.05, 0) is 24.4 Å². The minimum atomic E-state index is -0.359. The number of amides is 1. The summed E-state index contributed by atoms with van der Waals surface area (Å²) in [6.07, 6.45) is 3.13. The molecule has 0 saturated carbocycles. The largest absolute Gasteiger partial charge is 0.459 e. The van der Waals surface area contributed by atoms with Gasteiger partial charge in [0.1, 0.15) is 11.6 Å². The van der Waals surface area contributed by atoms with E-state index in [0.717, 1.165) is 12.8 Å². The van der Waals surface area contributed by atoms with Crippen molar-refractivity contribution in [3.05, 3.63) is 17.6 Å². The maximum atomic E-state index is 11.4. The molecule has 0 spiro atoms. The summed E-state index contributed by atoms with van der Waals surface area (Å²) in [5, 5.41) is 0.133. The van der Waals surface area contributed by atoms with Gasteiger partial charge < -0.3 is 15.1 Å². The van der Waals surface area contributed by atoms with Crippen molar-refractivity contribution in [3.63, 3.8) is 0 Å². The molecule has 18 heavy (non-hydrogen) atoms. The van der Waals surface area contributed by atoms with Gasteiger partial charge in [0.15, 0.2) is 11.4 Å². The number of nitrogens with two attached hydrogens (primary N) is 1. The van der Waals surface area contributed by atoms with Gasteiger partial charge in [-0.25, -0.2) is 4.98 Å². The van der Waals surface area contributed by atoms with Crippen molar-refractivity contribution in [2.45, 2.75) is 18.9 Å². The van der Waals surface area contributed by atoms with Crippen molar-refractivity contribution in [1.29, 1.82) is 0 Å². The molecule has 0 bridgehead atoms. The molecular weight excluding hydrogens is 256 g/mol. The second-order valence-electron chi connectivity index (χ2n) is 4.20. The number of furan rings is 1. The summed E-state index contributed by atoms with van der Waals surface area (Å²) in [7, 11) is 0. The molecule has 2 aromatic heterocycles. The van der Waals surface area contributed by atoms with Crippen LogP contribution in [0.1, 0.15) is 12.8 Å². The van der Waals surface area contributed by atoms with Crippen LogP contribution in [-0.4, -0.2) is 28.5 Å². The summed E-state index contributed by atoms with van der Waals surface area (Å²) >= 11 is 5.88. The maximum absolute atomic E-state index is 11.4. The molecule has 2 N–H and O–H groups in total. The van der Waals surface area contributed by atoms with E-state index in [0.29, 0.717) is 23.5 Å². The summed E-state index contributed by atoms with van der Waals surface area (Å²) in [5.41, 5.74) is 6.56. The van der Waals surface area contributed by atoms with Crippen molar-refractivity contribution < 1.29 is 9.21 Å². The van der Waals surface area contributed by atoms with E-state index in [1.54, 1.807) is 6.07 Å². The normalized spacial score (nSPS) is 19.6. The zero-order valence-electron chi connectivity index (χ0n) is 9.47. The van der Waals surface area contributed by atoms with Gasteiger partial charge in [0.2, 0.25) is 11.2 Å². The first-order valence-corrected chi connectivity index (χ1v) is 6.01. The predicted molar refractivity (Wildman–Crippen MR) is 66.4 cm³/mol. The second-order valence-corrected chi connectivity index (χ2v) is 4.54. The summed E-state index contributed by atoms with van der Waals surface area (Å²) < 4.78 is 5.37. The predicted octanol–water partition coefficient (Wildman–Crippen LogP) is 1.33. The lowest BCUT2D eigenvalue weighted by atomic mass is 10.2. The Morgan fingerprint density at radius 3 is 3.17 bits per heavy atom. The van der Waals surface area contributed by atoms with E-state index >= 15 is 0 Å². The summed E-state index contributed by atoms with van der Waals surface area (Å²) in [6.45, 7) is 0.705. The fraction of sp³-hybridized carbons (Fsp3) is 0.364. The third-order valence-corrected chi connectivity index (χ3v) is 3.28. The van der Waals surface area contributed by atoms with E-state index in [2.05, 4.69) is 9.97 Å². The first-order valence-electron chi connectivity index (χ1n) is 5.63. The SMILES string of the molecule is NC(=O)[C@@H]1CCCN1c1nc(Cl)nc2ccoc12. The second kappa shape index (κ2) is 4.13. The van der Waals surface area contributed by atoms with Gasteiger partial charge in [-0.3, -0.25) is 4.79 Å². The topological polar surface area (TPSA) is 85.3 Å². The average molecular weight is 267 g/mol. The average Bonchev–Trinajstić information content (AvgIpc) is 2.95. The smallest absolute Gasteiger partial charge is 0.240 e. The summed E-state index contributed by atoms with van der Waals surface area (Å²) in [6, 6.07) is 1.35. The Bertz CT molecular complexity index is 612. The summed E-state index contributed by atoms with van der Waals surface area (Å²) in [5.74, 6) is 0.179. The lowest BCUT2D eigenvalue weighted by Gasteiger charge is -2.22. The third kappa shape index (κ3) is 1.69. The standard InChI is InChI=1S/C11H11ClN4O2/c12-11-14-6-3-5-18-8(6)10(15-11)16-4-1-2-7(16)9(13)17/h3,5,7H,1-2,4H2,(H2,13,17)/t7-/m0/s1. The molecule has 1 fully saturated rings. The monoisotopic (exact) mass is 266 g/mol. The zero-order valence-corrected chi connectivity index (χ0v) is 10.2. The van der Waals surface area contributed by atoms with Crippen LogP contribution in [0.5, 0.6) is 0 Å². The van der Waals surface area contributed by atoms with Crippen LogP contribution in [0.15, 0.2) is 16.7 Å². The van der Waals surface area contributed by atoms with Crippen molar-refractivity contribution in [3.8, 4) is 0 Å². The van der Waals surface area contributed by atoms with Crippen molar-refractivity contribution in [2.75, 3.05) is 11.4 Å². The Hall–Kier alpha value is -1.82. The Labute approximate surface area is 108 Å². The number of hydrogen-bond acceptors (Lipinski definition) is 5. The van der Waals surface area contributed by atoms with Crippen LogP contribution in [0.25, 0.3) is 11.1 Å². The fourth-order valence-corrected chi connectivity index (χ4v) is 2.50. The number of fused-ring (bicyclic) bond motifs is 1. The van der Waals surface area contributed by atoms with Crippen LogP contribution in [-0.2, 0) is 4.79 Å². The Kier molecular flexibility index (Phi) is 2.59. The van der Waals surface area contributed by atoms with Crippen LogP contribution in [0.3, 0.4) is 0 Å². The van der Waals surface area contributed by atoms with E-state index in [1.165, 1.54) is 6.26 Å². The van der Waals surface area contributed by atoms with E-state index < -0.39 is 0 Å². The number of hydrogen-bond donors (Lipinski definition) is 1. The van der Waals surface area contributed by atoms with Crippen LogP contribution in [0, 0.1) is 0 Å². The van der Waals surface area contributed by atoms with Crippen LogP contribution >= 0.6 is 11.6 Å². The number of anilines is 1. The molecule has 0 aromatic carbocycles. The highest BCUT2D eigenvalue weighted by molar-refractivity contribution is 6.28. The van der Waals surface area contributed by atoms with Gasteiger partial charge in [-0.1, -0.05) is 0 Å². The van der Waals surface area contributed by atoms with Crippen molar-refractivity contribution in [2.24, 2.45) is 5.73 Å². The molecule has 6 nitrogen and oxygen atoms in total. The number of carbonyl (C=O) groups is 1. The lowest BCUT2D eigenvalue weighted by Crippen LogP contribution is -2.40. The minimum absolute atomic E-state index is 0.133. The molecule has 3 heterocycles. The van der Waals surface area contributed by atoms with Gasteiger partial charge in [0, 0.05) is 12.6 Å². The van der Waals surface area contributed by atoms with Gasteiger partial charge in [0.25, 0.3) is 0 Å². The zero-order chi connectivity index (χ0) is 12.7. The number of rotatable bonds is 2. The van der Waals surface area contributed by atoms with E-state index in [4.69, 9.17) is 21.8 Å². The van der Waals surface area contributed by atoms with E-state index in [9.17, 15) is 4.79 Å². The molecule has 1 saturated heterocycles. The minimum Gasteiger partial charge on any atom is -0.459 e. The number of nitrogens with zero attached hydrogens (tertiary/aromatic N) is 3. The molecule has 1 aliphatic rings. The maximum Gasteiger partial charge on any atom is 0.240 e. The molecule has 2 aromatic rings. The number of carbonyl (C=O) groups excluding carboxylic acids is 1. The Morgan fingerprint density at radius 1 is 1.56 bits per heavy atom. The molecular formula is C11H11ClN4O2. The molecule has 1 atom stereocenters. The molecule has 0 radical (unpaired) electrons. The number of aromatic nitrogens is 2. The molecule has 94 valence electrons. The lowest BCUT2D eigenvalue weighted by molar-refractivity contribution is -0.119. The molecule has 0 unspecified atom stereocenters. The molecule has 1 amide bonds. The van der Waals surface area contributed by atoms with Crippen LogP contribution in [0.2, 0.25) is 5.28 Å². The first kappa shape index (κ1) is 11.3. The molecule has 7 heteroatoms. The molecule has 0 aliphatic carbocycles. The highest BCUT2D eigenvalue weighted by Gasteiger charge is 2.32. The van der Waals surface area contributed by atoms with Crippen molar-refractivity contribution in [1.82, 2.24) is 9.97 Å². The van der Waals surface area contributed by atoms with Crippen LogP contribution < -0.4 is 10.6 Å². The van der Waals surface area contributed by atoms with Crippen LogP contribution in [0.4, 0.5) is 5.82 Å². The number of halogens is 1. The Morgan fingerprint density at radius 2 is 2.39 bits per heavy atom. The van der Waals surface area contributed by atoms with Gasteiger partial charge >= 0.3 is 0 Å². The summed E-state index contributed by atoms with van der Waals surface area (Å²) in [4.78, 5) is 21.5. The highest BCUT2D eigenvalue weighted by Crippen LogP contribution is 2.31. The van der Waals surface area contributed by atoms with Gasteiger partial charge in [-0.2, -0.15) is 4.98 Å². The van der Waals surface area contributed by atoms with E-state index in [1.807, 2.05) is 4.90 Å². The van der Waals surface area contributed by atoms with Crippen molar-refractivity contribution >= 4 is 34.4 Å². The molecule has 1 aliphatic heterocycles. The van der Waals surface area contributed by atoms with Gasteiger partial charge in [-0.15, -0.1) is 0 Å². The number of primary amides is 1. The van der Waals surface area contributed by atoms with Gasteiger partial charge in [0.05, 0.1) is 6.26 Å². The first-order chi connectivity index (χ1) is 8.66. The van der Waals surface area contributed by atoms with E-state index in [-0.39, 0.29) is 17.2 Å². The molecule has 3 rings (SSSR count). The fourth-order valence-electron chi connectivity index (χ4n) is 2.33. The highest BCUT2D eigenvalue weighted by atomic mass is 35.5. The third-order valence-electron chi connectivity index (χ3n) is 3.11. The quantitative estimate of drug-likeness (QED) is 0.829.